The Kier molecular flexibility index (Phi) is 7.30. The molecule has 3 aliphatic rings. The van der Waals surface area contributed by atoms with E-state index in [1.54, 1.807) is 21.9 Å². The van der Waals surface area contributed by atoms with Gasteiger partial charge in [-0.3, -0.25) is 0 Å². The van der Waals surface area contributed by atoms with Crippen LogP contribution < -0.4 is 0 Å². The zero-order valence-electron chi connectivity index (χ0n) is 26.3. The Hall–Kier alpha value is -2.55. The summed E-state index contributed by atoms with van der Waals surface area (Å²) in [5, 5.41) is 3.65. The number of allylic oxidation sites excluding steroid dienone is 2. The van der Waals surface area contributed by atoms with E-state index in [9.17, 15) is 0 Å². The molecule has 0 N–H and O–H groups in total. The van der Waals surface area contributed by atoms with Gasteiger partial charge in [0.2, 0.25) is 0 Å². The zero-order chi connectivity index (χ0) is 29.2. The number of benzene rings is 4. The van der Waals surface area contributed by atoms with Gasteiger partial charge in [0.15, 0.2) is 0 Å². The molecule has 42 heavy (non-hydrogen) atoms. The monoisotopic (exact) mass is 732 g/mol. The van der Waals surface area contributed by atoms with Crippen LogP contribution in [0.3, 0.4) is 0 Å². The van der Waals surface area contributed by atoms with Crippen LogP contribution in [0.25, 0.3) is 34.4 Å². The van der Waals surface area contributed by atoms with Gasteiger partial charge in [0.05, 0.1) is 0 Å². The van der Waals surface area contributed by atoms with Gasteiger partial charge in [0.1, 0.15) is 0 Å². The van der Waals surface area contributed by atoms with Crippen molar-refractivity contribution in [2.75, 3.05) is 0 Å². The molecule has 0 saturated carbocycles. The van der Waals surface area contributed by atoms with E-state index in [-0.39, 0.29) is 0 Å². The average molecular weight is 731 g/mol. The molecule has 1 aliphatic heterocycles. The molecule has 2 unspecified atom stereocenters. The van der Waals surface area contributed by atoms with E-state index >= 15 is 0 Å². The predicted octanol–water partition coefficient (Wildman–Crippen LogP) is 10.8. The fourth-order valence-electron chi connectivity index (χ4n) is 8.45. The standard InChI is InChI=1S/C38H38Si.2CH3.Hf/c1-6-7-15-35-34-20-11-19-33(31-17-9-13-25(3)27(31)5)37(34)23-38(35)39-29-21-28-14-10-18-32(36(28)22-29)30-16-8-12-24(2)26(30)4;;;/h8-14,16-23,35H,1,6-7,15,39H2,2-5H3;2*1H3;. The summed E-state index contributed by atoms with van der Waals surface area (Å²) < 4.78 is 7.80. The van der Waals surface area contributed by atoms with Crippen LogP contribution in [0.15, 0.2) is 83.2 Å². The van der Waals surface area contributed by atoms with Crippen molar-refractivity contribution >= 4 is 21.7 Å². The van der Waals surface area contributed by atoms with Gasteiger partial charge < -0.3 is 0 Å². The summed E-state index contributed by atoms with van der Waals surface area (Å²) in [7, 11) is -0.574. The topological polar surface area (TPSA) is 0 Å². The average Bonchev–Trinajstić information content (AvgIpc) is 3.52. The summed E-state index contributed by atoms with van der Waals surface area (Å²) in [4.78, 5) is 0. The first-order chi connectivity index (χ1) is 20.2. The van der Waals surface area contributed by atoms with E-state index < -0.39 is 29.5 Å². The summed E-state index contributed by atoms with van der Waals surface area (Å²) in [5.74, 6) is 0.610. The molecule has 1 saturated heterocycles. The molecule has 0 amide bonds. The molecule has 7 rings (SSSR count). The Labute approximate surface area is 260 Å². The van der Waals surface area contributed by atoms with Gasteiger partial charge in [-0.2, -0.15) is 0 Å². The van der Waals surface area contributed by atoms with E-state index in [0.29, 0.717) is 5.92 Å². The van der Waals surface area contributed by atoms with Crippen molar-refractivity contribution in [1.82, 2.24) is 0 Å². The van der Waals surface area contributed by atoms with Crippen molar-refractivity contribution in [3.8, 4) is 22.3 Å². The first-order valence-corrected chi connectivity index (χ1v) is 29.3. The molecule has 0 nitrogen and oxygen atoms in total. The van der Waals surface area contributed by atoms with Crippen LogP contribution in [-0.4, -0.2) is 9.52 Å². The summed E-state index contributed by atoms with van der Waals surface area (Å²) in [6, 6.07) is 28.1. The molecule has 4 aromatic rings. The summed E-state index contributed by atoms with van der Waals surface area (Å²) >= 11 is -2.58. The van der Waals surface area contributed by atoms with Crippen molar-refractivity contribution < 1.29 is 20.0 Å². The fraction of sp³-hybridized carbons (Fsp3) is 0.300. The van der Waals surface area contributed by atoms with Gasteiger partial charge in [-0.05, 0) is 0 Å². The molecule has 1 heterocycles. The van der Waals surface area contributed by atoms with E-state index in [2.05, 4.69) is 122 Å². The van der Waals surface area contributed by atoms with Crippen LogP contribution >= 0.6 is 0 Å². The van der Waals surface area contributed by atoms with Crippen molar-refractivity contribution in [3.05, 3.63) is 128 Å². The number of hydrogen-bond donors (Lipinski definition) is 0. The molecular weight excluding hydrogens is 687 g/mol. The molecule has 0 aromatic heterocycles. The molecule has 2 heteroatoms. The Balaban J connectivity index is 1.37. The van der Waals surface area contributed by atoms with Crippen LogP contribution in [0.1, 0.15) is 73.4 Å². The van der Waals surface area contributed by atoms with Crippen molar-refractivity contribution in [3.63, 3.8) is 0 Å². The van der Waals surface area contributed by atoms with E-state index in [1.807, 2.05) is 5.20 Å². The van der Waals surface area contributed by atoms with Gasteiger partial charge in [0.25, 0.3) is 0 Å². The second-order valence-electron chi connectivity index (χ2n) is 13.9. The summed E-state index contributed by atoms with van der Waals surface area (Å²) in [6.07, 6.45) is 9.50. The Morgan fingerprint density at radius 2 is 1.12 bits per heavy atom. The molecule has 2 aliphatic carbocycles. The second kappa shape index (κ2) is 10.9. The minimum absolute atomic E-state index is 0.574. The summed E-state index contributed by atoms with van der Waals surface area (Å²) in [5.41, 5.74) is 17.7. The number of fused-ring (bicyclic) bond motifs is 6. The third-order valence-corrected chi connectivity index (χ3v) is 28.5. The maximum absolute atomic E-state index is 2.77. The first-order valence-electron chi connectivity index (χ1n) is 16.0. The molecule has 212 valence electrons. The number of rotatable bonds is 2. The van der Waals surface area contributed by atoms with E-state index in [1.165, 1.54) is 73.5 Å². The van der Waals surface area contributed by atoms with Crippen LogP contribution in [0.2, 0.25) is 13.5 Å². The molecule has 4 aromatic carbocycles. The Morgan fingerprint density at radius 3 is 1.76 bits per heavy atom. The van der Waals surface area contributed by atoms with Gasteiger partial charge in [-0.25, -0.2) is 0 Å². The first kappa shape index (κ1) is 28.2. The molecule has 0 radical (unpaired) electrons. The zero-order valence-corrected chi connectivity index (χ0v) is 31.3. The predicted molar refractivity (Wildman–Crippen MR) is 183 cm³/mol. The van der Waals surface area contributed by atoms with Gasteiger partial charge in [-0.1, -0.05) is 0 Å². The van der Waals surface area contributed by atoms with Crippen molar-refractivity contribution in [1.29, 1.82) is 0 Å². The van der Waals surface area contributed by atoms with Gasteiger partial charge >= 0.3 is 262 Å². The van der Waals surface area contributed by atoms with Crippen molar-refractivity contribution in [2.45, 2.75) is 70.1 Å². The van der Waals surface area contributed by atoms with E-state index in [0.717, 1.165) is 3.67 Å². The maximum atomic E-state index is 2.77. The van der Waals surface area contributed by atoms with Gasteiger partial charge in [-0.15, -0.1) is 0 Å². The minimum atomic E-state index is -2.58. The molecule has 0 spiro atoms. The molecule has 1 fully saturated rings. The van der Waals surface area contributed by atoms with Crippen LogP contribution in [0, 0.1) is 27.7 Å². The summed E-state index contributed by atoms with van der Waals surface area (Å²) in [6.45, 7) is 9.11. The molecule has 2 atom stereocenters. The normalized spacial score (nSPS) is 21.2. The van der Waals surface area contributed by atoms with Crippen molar-refractivity contribution in [2.24, 2.45) is 0 Å². The number of hydrogen-bond acceptors (Lipinski definition) is 0. The third-order valence-electron chi connectivity index (χ3n) is 11.0. The number of aryl methyl sites for hydroxylation is 2. The van der Waals surface area contributed by atoms with Gasteiger partial charge in [0, 0.05) is 0 Å². The Morgan fingerprint density at radius 1 is 0.595 bits per heavy atom. The van der Waals surface area contributed by atoms with E-state index in [4.69, 9.17) is 0 Å². The second-order valence-corrected chi connectivity index (χ2v) is 34.1. The Bertz CT molecular complexity index is 1790. The SMILES string of the molecule is Cc1cccc(-c2cccc3c2C=C2[SiH2]C4=Cc5c(-c6cccc(C)c6C)cccc5[CH]4[Hf]([CH3])([CH3])[CH2]CCCC23)c1C. The fourth-order valence-corrected chi connectivity index (χ4v) is 29.3. The van der Waals surface area contributed by atoms with Crippen LogP contribution in [0.4, 0.5) is 0 Å². The molecular formula is C40H44HfSi. The quantitative estimate of drug-likeness (QED) is 0.180. The van der Waals surface area contributed by atoms with Crippen LogP contribution in [-0.2, 0) is 20.0 Å². The third kappa shape index (κ3) is 4.65. The molecule has 0 bridgehead atoms. The van der Waals surface area contributed by atoms with Crippen LogP contribution in [0.5, 0.6) is 0 Å².